The highest BCUT2D eigenvalue weighted by atomic mass is 16.5. The number of rotatable bonds is 4. The maximum Gasteiger partial charge on any atom is 0.163 e. The number of benzene rings is 1. The van der Waals surface area contributed by atoms with Gasteiger partial charge in [0.05, 0.1) is 13.2 Å². The van der Waals surface area contributed by atoms with E-state index in [1.807, 2.05) is 25.1 Å². The lowest BCUT2D eigenvalue weighted by Crippen LogP contribution is -2.27. The van der Waals surface area contributed by atoms with Gasteiger partial charge in [0, 0.05) is 30.6 Å². The summed E-state index contributed by atoms with van der Waals surface area (Å²) in [5.74, 6) is 1.68. The number of nitrogens with zero attached hydrogens (tertiary/aromatic N) is 1. The largest absolute Gasteiger partial charge is 0.490 e. The summed E-state index contributed by atoms with van der Waals surface area (Å²) in [4.78, 5) is 0. The van der Waals surface area contributed by atoms with Crippen LogP contribution in [0.4, 0.5) is 5.69 Å². The second-order valence-electron chi connectivity index (χ2n) is 4.52. The van der Waals surface area contributed by atoms with E-state index >= 15 is 0 Å². The fourth-order valence-electron chi connectivity index (χ4n) is 1.75. The topological polar surface area (TPSA) is 89.1 Å². The summed E-state index contributed by atoms with van der Waals surface area (Å²) >= 11 is 0. The predicted octanol–water partition coefficient (Wildman–Crippen LogP) is 1.64. The Labute approximate surface area is 112 Å². The standard InChI is InChI=1S/C13H19N3O3/c1-9(13(14)16-17)8-15-10-3-4-11-12(7-10)19-6-2-5-18-11/h3-4,7,9,15,17H,2,5-6,8H2,1H3,(H2,14,16). The first-order chi connectivity index (χ1) is 9.20. The molecular formula is C13H19N3O3. The van der Waals surface area contributed by atoms with Gasteiger partial charge in [0.1, 0.15) is 5.84 Å². The fourth-order valence-corrected chi connectivity index (χ4v) is 1.75. The zero-order valence-electron chi connectivity index (χ0n) is 10.9. The molecule has 0 fully saturated rings. The van der Waals surface area contributed by atoms with Crippen molar-refractivity contribution in [2.75, 3.05) is 25.1 Å². The maximum absolute atomic E-state index is 8.59. The molecule has 1 unspecified atom stereocenters. The molecular weight excluding hydrogens is 246 g/mol. The molecule has 0 spiro atoms. The summed E-state index contributed by atoms with van der Waals surface area (Å²) in [5.41, 5.74) is 6.45. The quantitative estimate of drug-likeness (QED) is 0.333. The van der Waals surface area contributed by atoms with Gasteiger partial charge in [-0.15, -0.1) is 0 Å². The molecule has 1 aromatic rings. The lowest BCUT2D eigenvalue weighted by Gasteiger charge is -2.14. The molecule has 0 radical (unpaired) electrons. The van der Waals surface area contributed by atoms with E-state index < -0.39 is 0 Å². The van der Waals surface area contributed by atoms with Gasteiger partial charge >= 0.3 is 0 Å². The Morgan fingerprint density at radius 3 is 2.89 bits per heavy atom. The minimum absolute atomic E-state index is 0.0546. The Bertz CT molecular complexity index is 462. The summed E-state index contributed by atoms with van der Waals surface area (Å²) in [6.45, 7) is 3.80. The first kappa shape index (κ1) is 13.3. The van der Waals surface area contributed by atoms with Gasteiger partial charge in [0.15, 0.2) is 11.5 Å². The lowest BCUT2D eigenvalue weighted by molar-refractivity contribution is 0.297. The van der Waals surface area contributed by atoms with Crippen molar-refractivity contribution in [3.05, 3.63) is 18.2 Å². The van der Waals surface area contributed by atoms with Crippen molar-refractivity contribution in [1.82, 2.24) is 0 Å². The number of hydrogen-bond donors (Lipinski definition) is 3. The number of hydrogen-bond acceptors (Lipinski definition) is 5. The smallest absolute Gasteiger partial charge is 0.163 e. The SMILES string of the molecule is CC(CNc1ccc2c(c1)OCCCO2)C(N)=NO. The van der Waals surface area contributed by atoms with Gasteiger partial charge in [-0.25, -0.2) is 0 Å². The van der Waals surface area contributed by atoms with Gasteiger partial charge in [0.25, 0.3) is 0 Å². The second kappa shape index (κ2) is 6.17. The van der Waals surface area contributed by atoms with E-state index in [4.69, 9.17) is 20.4 Å². The van der Waals surface area contributed by atoms with Gasteiger partial charge < -0.3 is 25.7 Å². The van der Waals surface area contributed by atoms with Crippen LogP contribution in [0, 0.1) is 5.92 Å². The summed E-state index contributed by atoms with van der Waals surface area (Å²) < 4.78 is 11.2. The fraction of sp³-hybridized carbons (Fsp3) is 0.462. The molecule has 0 saturated heterocycles. The van der Waals surface area contributed by atoms with Crippen LogP contribution in [0.2, 0.25) is 0 Å². The van der Waals surface area contributed by atoms with Crippen LogP contribution in [0.1, 0.15) is 13.3 Å². The first-order valence-electron chi connectivity index (χ1n) is 6.31. The van der Waals surface area contributed by atoms with E-state index in [0.29, 0.717) is 19.8 Å². The Morgan fingerprint density at radius 2 is 2.16 bits per heavy atom. The van der Waals surface area contributed by atoms with Crippen molar-refractivity contribution < 1.29 is 14.7 Å². The molecule has 4 N–H and O–H groups in total. The van der Waals surface area contributed by atoms with Crippen LogP contribution in [-0.2, 0) is 0 Å². The highest BCUT2D eigenvalue weighted by Crippen LogP contribution is 2.32. The molecule has 0 aromatic heterocycles. The Balaban J connectivity index is 2.00. The summed E-state index contributed by atoms with van der Waals surface area (Å²) in [7, 11) is 0. The molecule has 0 bridgehead atoms. The van der Waals surface area contributed by atoms with E-state index in [1.54, 1.807) is 0 Å². The van der Waals surface area contributed by atoms with Gasteiger partial charge in [0.2, 0.25) is 0 Å². The third kappa shape index (κ3) is 3.43. The van der Waals surface area contributed by atoms with E-state index in [2.05, 4.69) is 10.5 Å². The van der Waals surface area contributed by atoms with Crippen molar-refractivity contribution in [2.24, 2.45) is 16.8 Å². The predicted molar refractivity (Wildman–Crippen MR) is 73.1 cm³/mol. The Kier molecular flexibility index (Phi) is 4.33. The molecule has 0 aliphatic carbocycles. The molecule has 6 heteroatoms. The molecule has 1 heterocycles. The molecule has 0 saturated carbocycles. The number of nitrogens with one attached hydrogen (secondary N) is 1. The van der Waals surface area contributed by atoms with E-state index in [0.717, 1.165) is 23.6 Å². The molecule has 1 atom stereocenters. The second-order valence-corrected chi connectivity index (χ2v) is 4.52. The molecule has 1 aromatic carbocycles. The van der Waals surface area contributed by atoms with Gasteiger partial charge in [-0.05, 0) is 12.1 Å². The van der Waals surface area contributed by atoms with Crippen molar-refractivity contribution in [3.8, 4) is 11.5 Å². The van der Waals surface area contributed by atoms with Crippen LogP contribution in [0.5, 0.6) is 11.5 Å². The molecule has 6 nitrogen and oxygen atoms in total. The van der Waals surface area contributed by atoms with Crippen molar-refractivity contribution in [1.29, 1.82) is 0 Å². The third-order valence-electron chi connectivity index (χ3n) is 2.98. The van der Waals surface area contributed by atoms with Crippen LogP contribution >= 0.6 is 0 Å². The molecule has 2 rings (SSSR count). The number of anilines is 1. The average Bonchev–Trinajstić information content (AvgIpc) is 2.68. The number of oxime groups is 1. The van der Waals surface area contributed by atoms with Crippen LogP contribution in [-0.4, -0.2) is 30.8 Å². The number of ether oxygens (including phenoxy) is 2. The first-order valence-corrected chi connectivity index (χ1v) is 6.31. The highest BCUT2D eigenvalue weighted by molar-refractivity contribution is 5.82. The van der Waals surface area contributed by atoms with Crippen LogP contribution in [0.25, 0.3) is 0 Å². The van der Waals surface area contributed by atoms with Crippen molar-refractivity contribution in [2.45, 2.75) is 13.3 Å². The number of nitrogens with two attached hydrogens (primary N) is 1. The lowest BCUT2D eigenvalue weighted by atomic mass is 10.1. The van der Waals surface area contributed by atoms with Crippen molar-refractivity contribution in [3.63, 3.8) is 0 Å². The molecule has 1 aliphatic rings. The van der Waals surface area contributed by atoms with Gasteiger partial charge in [-0.2, -0.15) is 0 Å². The molecule has 104 valence electrons. The van der Waals surface area contributed by atoms with E-state index in [-0.39, 0.29) is 11.8 Å². The summed E-state index contributed by atoms with van der Waals surface area (Å²) in [6.07, 6.45) is 0.887. The zero-order valence-corrected chi connectivity index (χ0v) is 10.9. The molecule has 1 aliphatic heterocycles. The third-order valence-corrected chi connectivity index (χ3v) is 2.98. The minimum atomic E-state index is -0.0546. The maximum atomic E-state index is 8.59. The van der Waals surface area contributed by atoms with Gasteiger partial charge in [-0.1, -0.05) is 12.1 Å². The molecule has 19 heavy (non-hydrogen) atoms. The van der Waals surface area contributed by atoms with E-state index in [9.17, 15) is 0 Å². The minimum Gasteiger partial charge on any atom is -0.490 e. The van der Waals surface area contributed by atoms with Crippen LogP contribution in [0.3, 0.4) is 0 Å². The van der Waals surface area contributed by atoms with E-state index in [1.165, 1.54) is 0 Å². The van der Waals surface area contributed by atoms with Crippen molar-refractivity contribution >= 4 is 11.5 Å². The highest BCUT2D eigenvalue weighted by Gasteiger charge is 2.12. The number of fused-ring (bicyclic) bond motifs is 1. The van der Waals surface area contributed by atoms with Crippen LogP contribution < -0.4 is 20.5 Å². The Morgan fingerprint density at radius 1 is 1.42 bits per heavy atom. The molecule has 0 amide bonds. The normalized spacial score (nSPS) is 16.6. The zero-order chi connectivity index (χ0) is 13.7. The average molecular weight is 265 g/mol. The van der Waals surface area contributed by atoms with Crippen LogP contribution in [0.15, 0.2) is 23.4 Å². The summed E-state index contributed by atoms with van der Waals surface area (Å²) in [6, 6.07) is 5.71. The summed E-state index contributed by atoms with van der Waals surface area (Å²) in [5, 5.41) is 14.8. The Hall–Kier alpha value is -2.11. The monoisotopic (exact) mass is 265 g/mol. The number of amidine groups is 1. The van der Waals surface area contributed by atoms with Gasteiger partial charge in [-0.3, -0.25) is 0 Å².